The topological polar surface area (TPSA) is 12.5 Å². The molecule has 0 amide bonds. The SMILES string of the molecule is C[C@@H]1CCCC(C2CC3=C(C=C4C5C6OC7(C)C=CC=CC7C6CCC5C5(C)C=CC5(C)N4C3)S2)C1. The van der Waals surface area contributed by atoms with Crippen molar-refractivity contribution in [1.82, 2.24) is 4.90 Å². The Kier molecular flexibility index (Phi) is 4.72. The molecule has 4 aliphatic carbocycles. The van der Waals surface area contributed by atoms with Gasteiger partial charge in [0, 0.05) is 39.6 Å². The van der Waals surface area contributed by atoms with Gasteiger partial charge in [0.25, 0.3) is 0 Å². The third kappa shape index (κ3) is 2.80. The third-order valence-electron chi connectivity index (χ3n) is 12.4. The first-order valence-electron chi connectivity index (χ1n) is 14.9. The second kappa shape index (κ2) is 7.47. The highest BCUT2D eigenvalue weighted by molar-refractivity contribution is 8.04. The van der Waals surface area contributed by atoms with E-state index in [4.69, 9.17) is 4.74 Å². The molecule has 0 aromatic heterocycles. The van der Waals surface area contributed by atoms with Crippen LogP contribution in [0.2, 0.25) is 0 Å². The van der Waals surface area contributed by atoms with E-state index >= 15 is 0 Å². The molecular formula is C33H43NOS. The molecule has 192 valence electrons. The molecule has 0 aromatic rings. The maximum atomic E-state index is 7.15. The molecule has 2 saturated carbocycles. The standard InChI is InChI=1S/C33H43NOS/c1-20-8-7-9-21(16-20)27-17-22-19-34-26(18-28(22)36-27)29-25(31(2)14-15-33(31,34)4)12-11-23-24-10-5-6-13-32(24,3)35-30(23)29/h5-6,10,13-15,18,20-21,23-25,27,29-30H,7-9,11-12,16-17,19H2,1-4H3/t20-,21?,23?,24?,25?,27?,29?,30?,31?,32?,33?/m1/s1. The normalized spacial score (nSPS) is 54.1. The second-order valence-corrected chi connectivity index (χ2v) is 15.5. The number of fused-ring (bicyclic) bond motifs is 10. The van der Waals surface area contributed by atoms with Crippen LogP contribution in [0.4, 0.5) is 0 Å². The van der Waals surface area contributed by atoms with Crippen molar-refractivity contribution in [3.63, 3.8) is 0 Å². The highest BCUT2D eigenvalue weighted by Gasteiger charge is 2.68. The van der Waals surface area contributed by atoms with Gasteiger partial charge < -0.3 is 9.64 Å². The zero-order valence-electron chi connectivity index (χ0n) is 22.6. The van der Waals surface area contributed by atoms with Crippen molar-refractivity contribution in [3.8, 4) is 0 Å². The number of rotatable bonds is 1. The lowest BCUT2D eigenvalue weighted by atomic mass is 9.46. The Balaban J connectivity index is 1.17. The monoisotopic (exact) mass is 501 g/mol. The highest BCUT2D eigenvalue weighted by atomic mass is 32.2. The van der Waals surface area contributed by atoms with Crippen molar-refractivity contribution in [2.24, 2.45) is 40.9 Å². The van der Waals surface area contributed by atoms with Crippen LogP contribution in [0.15, 0.2) is 58.7 Å². The molecule has 0 N–H and O–H groups in total. The van der Waals surface area contributed by atoms with Crippen molar-refractivity contribution in [3.05, 3.63) is 58.7 Å². The number of thioether (sulfide) groups is 1. The van der Waals surface area contributed by atoms with Crippen LogP contribution in [-0.2, 0) is 4.74 Å². The molecule has 0 spiro atoms. The van der Waals surface area contributed by atoms with E-state index in [9.17, 15) is 0 Å². The Morgan fingerprint density at radius 2 is 1.92 bits per heavy atom. The van der Waals surface area contributed by atoms with E-state index in [1.165, 1.54) is 44.9 Å². The molecule has 0 aromatic carbocycles. The van der Waals surface area contributed by atoms with Gasteiger partial charge in [-0.2, -0.15) is 0 Å². The summed E-state index contributed by atoms with van der Waals surface area (Å²) in [7, 11) is 0. The fourth-order valence-corrected chi connectivity index (χ4v) is 11.7. The Morgan fingerprint density at radius 3 is 2.72 bits per heavy atom. The summed E-state index contributed by atoms with van der Waals surface area (Å²) in [4.78, 5) is 4.50. The zero-order chi connectivity index (χ0) is 24.4. The van der Waals surface area contributed by atoms with Crippen molar-refractivity contribution >= 4 is 11.8 Å². The van der Waals surface area contributed by atoms with Gasteiger partial charge in [-0.1, -0.05) is 63.1 Å². The van der Waals surface area contributed by atoms with E-state index in [2.05, 4.69) is 86.9 Å². The van der Waals surface area contributed by atoms with Gasteiger partial charge in [0.05, 0.1) is 17.2 Å². The lowest BCUT2D eigenvalue weighted by Crippen LogP contribution is -2.70. The van der Waals surface area contributed by atoms with Crippen LogP contribution in [0.1, 0.15) is 72.6 Å². The number of hydrogen-bond donors (Lipinski definition) is 0. The molecule has 10 unspecified atom stereocenters. The van der Waals surface area contributed by atoms with E-state index in [1.54, 1.807) is 16.2 Å². The molecule has 0 radical (unpaired) electrons. The van der Waals surface area contributed by atoms with Gasteiger partial charge >= 0.3 is 0 Å². The van der Waals surface area contributed by atoms with Crippen LogP contribution < -0.4 is 0 Å². The third-order valence-corrected chi connectivity index (χ3v) is 13.9. The maximum Gasteiger partial charge on any atom is 0.0907 e. The molecule has 8 rings (SSSR count). The summed E-state index contributed by atoms with van der Waals surface area (Å²) in [5, 5.41) is 0.807. The van der Waals surface area contributed by atoms with Crippen molar-refractivity contribution in [2.75, 3.05) is 6.54 Å². The Morgan fingerprint density at radius 1 is 1.03 bits per heavy atom. The lowest BCUT2D eigenvalue weighted by molar-refractivity contribution is -0.131. The van der Waals surface area contributed by atoms with Gasteiger partial charge in [0.2, 0.25) is 0 Å². The largest absolute Gasteiger partial charge is 0.366 e. The Bertz CT molecular complexity index is 1150. The summed E-state index contributed by atoms with van der Waals surface area (Å²) < 4.78 is 7.15. The highest BCUT2D eigenvalue weighted by Crippen LogP contribution is 2.68. The van der Waals surface area contributed by atoms with Crippen LogP contribution in [0.5, 0.6) is 0 Å². The number of piperidine rings is 1. The fraction of sp³-hybridized carbons (Fsp3) is 0.697. The van der Waals surface area contributed by atoms with Crippen LogP contribution in [0.25, 0.3) is 0 Å². The van der Waals surface area contributed by atoms with Crippen molar-refractivity contribution in [2.45, 2.75) is 95.1 Å². The van der Waals surface area contributed by atoms with Gasteiger partial charge in [-0.25, -0.2) is 0 Å². The molecule has 2 nitrogen and oxygen atoms in total. The fourth-order valence-electron chi connectivity index (χ4n) is 10.2. The summed E-state index contributed by atoms with van der Waals surface area (Å²) in [5.74, 6) is 4.18. The molecule has 0 bridgehead atoms. The Hall–Kier alpha value is -1.19. The van der Waals surface area contributed by atoms with Crippen molar-refractivity contribution < 1.29 is 4.74 Å². The van der Waals surface area contributed by atoms with E-state index in [0.717, 1.165) is 23.6 Å². The summed E-state index contributed by atoms with van der Waals surface area (Å²) in [6, 6.07) is 0. The average molecular weight is 502 g/mol. The van der Waals surface area contributed by atoms with Gasteiger partial charge in [0.15, 0.2) is 0 Å². The molecule has 11 atom stereocenters. The van der Waals surface area contributed by atoms with Crippen LogP contribution in [0.3, 0.4) is 0 Å². The van der Waals surface area contributed by atoms with Gasteiger partial charge in [-0.15, -0.1) is 11.8 Å². The summed E-state index contributed by atoms with van der Waals surface area (Å²) in [6.45, 7) is 11.1. The molecule has 4 heterocycles. The number of ether oxygens (including phenoxy) is 1. The number of allylic oxidation sites excluding steroid dienone is 3. The van der Waals surface area contributed by atoms with E-state index in [1.807, 2.05) is 0 Å². The first-order chi connectivity index (χ1) is 17.3. The quantitative estimate of drug-likeness (QED) is 0.342. The minimum atomic E-state index is -0.133. The van der Waals surface area contributed by atoms with Crippen LogP contribution >= 0.6 is 11.8 Å². The minimum Gasteiger partial charge on any atom is -0.366 e. The second-order valence-electron chi connectivity index (χ2n) is 14.2. The molecule has 4 aliphatic heterocycles. The molecule has 3 heteroatoms. The van der Waals surface area contributed by atoms with E-state index in [0.29, 0.717) is 29.8 Å². The number of nitrogens with zero attached hydrogens (tertiary/aromatic N) is 1. The van der Waals surface area contributed by atoms with E-state index in [-0.39, 0.29) is 16.6 Å². The predicted molar refractivity (Wildman–Crippen MR) is 149 cm³/mol. The maximum absolute atomic E-state index is 7.15. The smallest absolute Gasteiger partial charge is 0.0907 e. The zero-order valence-corrected chi connectivity index (χ0v) is 23.4. The van der Waals surface area contributed by atoms with Gasteiger partial charge in [-0.05, 0) is 81.3 Å². The molecule has 36 heavy (non-hydrogen) atoms. The molecule has 4 fully saturated rings. The summed E-state index contributed by atoms with van der Waals surface area (Å²) in [5.41, 5.74) is 3.61. The van der Waals surface area contributed by atoms with E-state index < -0.39 is 0 Å². The number of hydrogen-bond acceptors (Lipinski definition) is 3. The molecular weight excluding hydrogens is 458 g/mol. The lowest BCUT2D eigenvalue weighted by Gasteiger charge is -2.69. The van der Waals surface area contributed by atoms with Gasteiger partial charge in [0.1, 0.15) is 0 Å². The predicted octanol–water partition coefficient (Wildman–Crippen LogP) is 7.66. The molecule has 8 aliphatic rings. The Labute approximate surface area is 222 Å². The average Bonchev–Trinajstić information content (AvgIpc) is 3.42. The van der Waals surface area contributed by atoms with Gasteiger partial charge in [-0.3, -0.25) is 0 Å². The molecule has 2 saturated heterocycles. The minimum absolute atomic E-state index is 0.133. The van der Waals surface area contributed by atoms with Crippen LogP contribution in [-0.4, -0.2) is 33.9 Å². The summed E-state index contributed by atoms with van der Waals surface area (Å²) in [6.07, 6.45) is 27.2. The first kappa shape index (κ1) is 22.8. The first-order valence-corrected chi connectivity index (χ1v) is 15.8. The van der Waals surface area contributed by atoms with Crippen molar-refractivity contribution in [1.29, 1.82) is 0 Å². The summed E-state index contributed by atoms with van der Waals surface area (Å²) >= 11 is 2.26. The van der Waals surface area contributed by atoms with Crippen LogP contribution in [0, 0.1) is 40.9 Å².